The summed E-state index contributed by atoms with van der Waals surface area (Å²) in [5.74, 6) is -3.11. The molecular weight excluding hydrogens is 472 g/mol. The van der Waals surface area contributed by atoms with Gasteiger partial charge in [0, 0.05) is 6.92 Å². The highest BCUT2D eigenvalue weighted by Gasteiger charge is 2.57. The maximum Gasteiger partial charge on any atom is 0.337 e. The molecule has 9 nitrogen and oxygen atoms in total. The van der Waals surface area contributed by atoms with Crippen LogP contribution in [-0.2, 0) is 42.4 Å². The van der Waals surface area contributed by atoms with Crippen molar-refractivity contribution in [2.45, 2.75) is 123 Å². The molecule has 35 heavy (non-hydrogen) atoms. The third-order valence-electron chi connectivity index (χ3n) is 6.59. The largest absolute Gasteiger partial charge is 0.463 e. The Morgan fingerprint density at radius 2 is 1.63 bits per heavy atom. The van der Waals surface area contributed by atoms with Crippen molar-refractivity contribution in [3.05, 3.63) is 12.2 Å². The molecule has 0 radical (unpaired) electrons. The van der Waals surface area contributed by atoms with Gasteiger partial charge in [0.2, 0.25) is 0 Å². The fourth-order valence-electron chi connectivity index (χ4n) is 3.91. The lowest BCUT2D eigenvalue weighted by Gasteiger charge is -2.43. The molecule has 2 rings (SSSR count). The van der Waals surface area contributed by atoms with Gasteiger partial charge in [-0.1, -0.05) is 27.4 Å². The second kappa shape index (κ2) is 10.6. The molecule has 0 unspecified atom stereocenters. The molecule has 0 spiro atoms. The van der Waals surface area contributed by atoms with Crippen LogP contribution in [0, 0.1) is 0 Å². The maximum atomic E-state index is 12.6. The van der Waals surface area contributed by atoms with Crippen LogP contribution in [-0.4, -0.2) is 75.6 Å². The molecule has 2 saturated heterocycles. The van der Waals surface area contributed by atoms with Crippen LogP contribution >= 0.6 is 0 Å². The highest BCUT2D eigenvalue weighted by atomic mass is 28.4. The predicted octanol–water partition coefficient (Wildman–Crippen LogP) is 4.10. The van der Waals surface area contributed by atoms with Crippen molar-refractivity contribution in [2.24, 2.45) is 0 Å². The van der Waals surface area contributed by atoms with Crippen LogP contribution in [0.5, 0.6) is 0 Å². The van der Waals surface area contributed by atoms with E-state index in [1.165, 1.54) is 6.92 Å². The van der Waals surface area contributed by atoms with Crippen molar-refractivity contribution in [1.82, 2.24) is 0 Å². The Labute approximate surface area is 210 Å². The predicted molar refractivity (Wildman–Crippen MR) is 132 cm³/mol. The average Bonchev–Trinajstić information content (AvgIpc) is 3.21. The van der Waals surface area contributed by atoms with Crippen LogP contribution < -0.4 is 0 Å². The zero-order valence-electron chi connectivity index (χ0n) is 23.2. The summed E-state index contributed by atoms with van der Waals surface area (Å²) < 4.78 is 42.3. The zero-order chi connectivity index (χ0) is 27.0. The summed E-state index contributed by atoms with van der Waals surface area (Å²) in [5.41, 5.74) is -0.0339. The first-order valence-corrected chi connectivity index (χ1v) is 15.1. The van der Waals surface area contributed by atoms with Crippen LogP contribution in [0.4, 0.5) is 0 Å². The third-order valence-corrected chi connectivity index (χ3v) is 11.1. The van der Waals surface area contributed by atoms with Crippen LogP contribution in [0.25, 0.3) is 0 Å². The van der Waals surface area contributed by atoms with Crippen molar-refractivity contribution in [3.63, 3.8) is 0 Å². The van der Waals surface area contributed by atoms with Crippen molar-refractivity contribution >= 4 is 20.3 Å². The summed E-state index contributed by atoms with van der Waals surface area (Å²) in [5, 5.41) is -0.103. The number of hydrogen-bond donors (Lipinski definition) is 0. The molecule has 2 heterocycles. The van der Waals surface area contributed by atoms with E-state index in [9.17, 15) is 9.59 Å². The lowest BCUT2D eigenvalue weighted by Crippen LogP contribution is -2.56. The Morgan fingerprint density at radius 3 is 2.09 bits per heavy atom. The highest BCUT2D eigenvalue weighted by Crippen LogP contribution is 2.43. The number of carbonyl (C=O) groups is 2. The number of ether oxygens (including phenoxy) is 6. The molecule has 0 N–H and O–H groups in total. The summed E-state index contributed by atoms with van der Waals surface area (Å²) >= 11 is 0. The third kappa shape index (κ3) is 7.36. The molecule has 0 aliphatic carbocycles. The van der Waals surface area contributed by atoms with Crippen LogP contribution in [0.2, 0.25) is 18.1 Å². The number of rotatable bonds is 9. The molecule has 2 aliphatic rings. The van der Waals surface area contributed by atoms with Crippen molar-refractivity contribution in [1.29, 1.82) is 0 Å². The molecular formula is C25H44O9Si. The Bertz CT molecular complexity index is 799. The number of esters is 2. The average molecular weight is 517 g/mol. The molecule has 0 bridgehead atoms. The van der Waals surface area contributed by atoms with E-state index < -0.39 is 62.4 Å². The van der Waals surface area contributed by atoms with Gasteiger partial charge in [-0.25, -0.2) is 4.79 Å². The monoisotopic (exact) mass is 516 g/mol. The minimum absolute atomic E-state index is 0.0339. The minimum Gasteiger partial charge on any atom is -0.463 e. The van der Waals surface area contributed by atoms with E-state index in [0.29, 0.717) is 0 Å². The van der Waals surface area contributed by atoms with Crippen LogP contribution in [0.15, 0.2) is 12.2 Å². The number of hydrogen-bond acceptors (Lipinski definition) is 9. The molecule has 202 valence electrons. The van der Waals surface area contributed by atoms with Crippen LogP contribution in [0.1, 0.15) is 62.3 Å². The van der Waals surface area contributed by atoms with E-state index in [2.05, 4.69) is 40.4 Å². The summed E-state index contributed by atoms with van der Waals surface area (Å²) in [7, 11) is -2.35. The molecule has 10 heteroatoms. The molecule has 0 saturated carbocycles. The van der Waals surface area contributed by atoms with E-state index >= 15 is 0 Å². The second-order valence-electron chi connectivity index (χ2n) is 11.6. The van der Waals surface area contributed by atoms with Gasteiger partial charge in [-0.15, -0.1) is 0 Å². The first-order chi connectivity index (χ1) is 15.8. The molecule has 2 aliphatic heterocycles. The zero-order valence-corrected chi connectivity index (χ0v) is 24.2. The van der Waals surface area contributed by atoms with Gasteiger partial charge in [0.05, 0.1) is 18.8 Å². The van der Waals surface area contributed by atoms with E-state index in [1.54, 1.807) is 20.8 Å². The second-order valence-corrected chi connectivity index (χ2v) is 16.3. The Balaban J connectivity index is 2.54. The maximum absolute atomic E-state index is 12.6. The minimum atomic E-state index is -2.35. The summed E-state index contributed by atoms with van der Waals surface area (Å²) in [6.45, 7) is 25.2. The fraction of sp³-hybridized carbons (Fsp3) is 0.840. The SMILES string of the molecule is C=C(C(=O)OCC)[C@@H](OC(C)=O)[C@H]1OC(C)(C)O[C@H]1[C@H](O[Si](C)(C)C(C)(C)C)[C@H]1COC(C)(C)O1. The summed E-state index contributed by atoms with van der Waals surface area (Å²) in [4.78, 5) is 24.6. The lowest BCUT2D eigenvalue weighted by molar-refractivity contribution is -0.177. The fourth-order valence-corrected chi connectivity index (χ4v) is 5.23. The van der Waals surface area contributed by atoms with Crippen molar-refractivity contribution in [2.75, 3.05) is 13.2 Å². The van der Waals surface area contributed by atoms with Gasteiger partial charge in [-0.3, -0.25) is 4.79 Å². The summed E-state index contributed by atoms with van der Waals surface area (Å²) in [6, 6.07) is 0. The Morgan fingerprint density at radius 1 is 1.06 bits per heavy atom. The molecule has 0 aromatic carbocycles. The van der Waals surface area contributed by atoms with Crippen molar-refractivity contribution in [3.8, 4) is 0 Å². The van der Waals surface area contributed by atoms with Gasteiger partial charge in [0.15, 0.2) is 26.0 Å². The van der Waals surface area contributed by atoms with E-state index in [0.717, 1.165) is 0 Å². The van der Waals surface area contributed by atoms with Gasteiger partial charge in [0.1, 0.15) is 24.4 Å². The van der Waals surface area contributed by atoms with Crippen LogP contribution in [0.3, 0.4) is 0 Å². The Hall–Kier alpha value is -1.30. The highest BCUT2D eigenvalue weighted by molar-refractivity contribution is 6.74. The molecule has 2 fully saturated rings. The van der Waals surface area contributed by atoms with Gasteiger partial charge in [-0.2, -0.15) is 0 Å². The first-order valence-electron chi connectivity index (χ1n) is 12.2. The smallest absolute Gasteiger partial charge is 0.337 e. The van der Waals surface area contributed by atoms with Crippen molar-refractivity contribution < 1.29 is 42.4 Å². The molecule has 0 aromatic rings. The first kappa shape index (κ1) is 29.9. The topological polar surface area (TPSA) is 98.8 Å². The van der Waals surface area contributed by atoms with Gasteiger partial charge < -0.3 is 32.8 Å². The normalized spacial score (nSPS) is 27.8. The molecule has 5 atom stereocenters. The van der Waals surface area contributed by atoms with E-state index in [4.69, 9.17) is 32.8 Å². The molecule has 0 aromatic heterocycles. The van der Waals surface area contributed by atoms with E-state index in [-0.39, 0.29) is 23.8 Å². The standard InChI is InChI=1S/C25H44O9Si/c1-13-28-22(27)15(2)18(30-16(3)26)20-21(33-25(9,10)32-20)19(17-14-29-24(7,8)31-17)34-35(11,12)23(4,5)6/h17-21H,2,13-14H2,1,3-12H3/t17-,18-,19-,20-,21+/m1/s1. The summed E-state index contributed by atoms with van der Waals surface area (Å²) in [6.07, 6.45) is -3.89. The van der Waals surface area contributed by atoms with Gasteiger partial charge in [-0.05, 0) is 52.8 Å². The van der Waals surface area contributed by atoms with Gasteiger partial charge in [0.25, 0.3) is 0 Å². The quantitative estimate of drug-likeness (QED) is 0.255. The van der Waals surface area contributed by atoms with E-state index in [1.807, 2.05) is 13.8 Å². The van der Waals surface area contributed by atoms with Gasteiger partial charge >= 0.3 is 11.9 Å². The number of carbonyl (C=O) groups excluding carboxylic acids is 2. The Kier molecular flexibility index (Phi) is 9.05. The lowest BCUT2D eigenvalue weighted by atomic mass is 9.95. The molecule has 0 amide bonds.